The van der Waals surface area contributed by atoms with Gasteiger partial charge >= 0.3 is 0 Å². The van der Waals surface area contributed by atoms with E-state index >= 15 is 0 Å². The molecule has 0 saturated carbocycles. The Morgan fingerprint density at radius 3 is 1.92 bits per heavy atom. The minimum absolute atomic E-state index is 0.0634. The molecule has 0 spiro atoms. The molecular formula is C24H31N3O8S2. The maximum Gasteiger partial charge on any atom is 0.251 e. The normalized spacial score (nSPS) is 17.9. The highest BCUT2D eigenvalue weighted by Gasteiger charge is 2.28. The number of ether oxygens (including phenoxy) is 3. The molecule has 0 bridgehead atoms. The van der Waals surface area contributed by atoms with E-state index in [9.17, 15) is 21.6 Å². The van der Waals surface area contributed by atoms with Crippen LogP contribution in [0.5, 0.6) is 5.75 Å². The molecule has 0 aromatic heterocycles. The highest BCUT2D eigenvalue weighted by Crippen LogP contribution is 2.22. The second-order valence-corrected chi connectivity index (χ2v) is 12.5. The Morgan fingerprint density at radius 1 is 0.838 bits per heavy atom. The number of morpholine rings is 2. The van der Waals surface area contributed by atoms with Crippen LogP contribution in [0.4, 0.5) is 0 Å². The van der Waals surface area contributed by atoms with Crippen LogP contribution in [-0.4, -0.2) is 97.1 Å². The standard InChI is InChI=1S/C24H31N3O8S2/c1-19-2-5-22(37(31,32)27-11-16-34-17-12-27)18-23(19)24(28)25-8-13-35-20-3-6-21(7-4-20)36(29,30)26-9-14-33-15-10-26/h2-7,18H,8-17H2,1H3,(H,25,28). The molecule has 0 aliphatic carbocycles. The Bertz CT molecular complexity index is 1300. The molecule has 13 heteroatoms. The van der Waals surface area contributed by atoms with E-state index in [0.29, 0.717) is 50.8 Å². The lowest BCUT2D eigenvalue weighted by Gasteiger charge is -2.26. The summed E-state index contributed by atoms with van der Waals surface area (Å²) in [6, 6.07) is 10.6. The van der Waals surface area contributed by atoms with Crippen molar-refractivity contribution in [1.29, 1.82) is 0 Å². The van der Waals surface area contributed by atoms with E-state index in [1.807, 2.05) is 0 Å². The lowest BCUT2D eigenvalue weighted by molar-refractivity contribution is 0.0730. The van der Waals surface area contributed by atoms with Crippen LogP contribution in [0.15, 0.2) is 52.3 Å². The molecule has 1 amide bonds. The molecule has 2 aliphatic heterocycles. The number of aryl methyl sites for hydroxylation is 1. The van der Waals surface area contributed by atoms with Crippen molar-refractivity contribution in [3.63, 3.8) is 0 Å². The predicted molar refractivity (Wildman–Crippen MR) is 135 cm³/mol. The van der Waals surface area contributed by atoms with E-state index in [1.165, 1.54) is 32.9 Å². The highest BCUT2D eigenvalue weighted by atomic mass is 32.2. The summed E-state index contributed by atoms with van der Waals surface area (Å²) < 4.78 is 70.1. The maximum absolute atomic E-state index is 12.9. The van der Waals surface area contributed by atoms with Crippen LogP contribution >= 0.6 is 0 Å². The maximum atomic E-state index is 12.9. The first-order valence-corrected chi connectivity index (χ1v) is 14.8. The predicted octanol–water partition coefficient (Wildman–Crippen LogP) is 0.846. The number of sulfonamides is 2. The third-order valence-corrected chi connectivity index (χ3v) is 9.96. The van der Waals surface area contributed by atoms with Crippen LogP contribution in [0.1, 0.15) is 15.9 Å². The van der Waals surface area contributed by atoms with Crippen LogP contribution in [0.2, 0.25) is 0 Å². The first-order chi connectivity index (χ1) is 17.7. The van der Waals surface area contributed by atoms with Crippen molar-refractivity contribution in [3.05, 3.63) is 53.6 Å². The molecule has 11 nitrogen and oxygen atoms in total. The zero-order valence-electron chi connectivity index (χ0n) is 20.6. The van der Waals surface area contributed by atoms with Crippen LogP contribution in [0, 0.1) is 6.92 Å². The van der Waals surface area contributed by atoms with E-state index < -0.39 is 26.0 Å². The van der Waals surface area contributed by atoms with Gasteiger partial charge in [0.05, 0.1) is 42.8 Å². The van der Waals surface area contributed by atoms with Gasteiger partial charge in [-0.25, -0.2) is 16.8 Å². The van der Waals surface area contributed by atoms with Crippen molar-refractivity contribution in [1.82, 2.24) is 13.9 Å². The van der Waals surface area contributed by atoms with Gasteiger partial charge in [0.25, 0.3) is 5.91 Å². The van der Waals surface area contributed by atoms with Crippen molar-refractivity contribution in [2.45, 2.75) is 16.7 Å². The van der Waals surface area contributed by atoms with Gasteiger partial charge in [-0.15, -0.1) is 0 Å². The van der Waals surface area contributed by atoms with Gasteiger partial charge in [-0.1, -0.05) is 6.07 Å². The molecule has 0 unspecified atom stereocenters. The van der Waals surface area contributed by atoms with Gasteiger partial charge < -0.3 is 19.5 Å². The molecule has 2 fully saturated rings. The fourth-order valence-electron chi connectivity index (χ4n) is 4.01. The van der Waals surface area contributed by atoms with Crippen LogP contribution in [0.25, 0.3) is 0 Å². The molecule has 202 valence electrons. The fraction of sp³-hybridized carbons (Fsp3) is 0.458. The number of carbonyl (C=O) groups excluding carboxylic acids is 1. The van der Waals surface area contributed by atoms with Crippen LogP contribution < -0.4 is 10.1 Å². The zero-order valence-corrected chi connectivity index (χ0v) is 22.2. The quantitative estimate of drug-likeness (QED) is 0.452. The monoisotopic (exact) mass is 553 g/mol. The van der Waals surface area contributed by atoms with Crippen molar-refractivity contribution >= 4 is 26.0 Å². The van der Waals surface area contributed by atoms with Crippen LogP contribution in [0.3, 0.4) is 0 Å². The topological polar surface area (TPSA) is 132 Å². The van der Waals surface area contributed by atoms with Gasteiger partial charge in [-0.2, -0.15) is 8.61 Å². The number of hydrogen-bond acceptors (Lipinski definition) is 8. The number of carbonyl (C=O) groups is 1. The average Bonchev–Trinajstić information content (AvgIpc) is 2.92. The van der Waals surface area contributed by atoms with Crippen molar-refractivity contribution in [3.8, 4) is 5.75 Å². The minimum atomic E-state index is -3.72. The Hall–Kier alpha value is -2.55. The summed E-state index contributed by atoms with van der Waals surface area (Å²) >= 11 is 0. The molecule has 2 aromatic rings. The van der Waals surface area contributed by atoms with Gasteiger partial charge in [0.1, 0.15) is 12.4 Å². The molecule has 2 heterocycles. The number of amides is 1. The van der Waals surface area contributed by atoms with E-state index in [0.717, 1.165) is 0 Å². The second kappa shape index (κ2) is 11.9. The Kier molecular flexibility index (Phi) is 8.82. The molecule has 37 heavy (non-hydrogen) atoms. The van der Waals surface area contributed by atoms with E-state index in [2.05, 4.69) is 5.32 Å². The van der Waals surface area contributed by atoms with Crippen molar-refractivity contribution in [2.75, 3.05) is 65.8 Å². The van der Waals surface area contributed by atoms with Gasteiger partial charge in [0.15, 0.2) is 0 Å². The fourth-order valence-corrected chi connectivity index (χ4v) is 6.86. The lowest BCUT2D eigenvalue weighted by atomic mass is 10.1. The molecule has 2 aliphatic rings. The largest absolute Gasteiger partial charge is 0.492 e. The number of nitrogens with zero attached hydrogens (tertiary/aromatic N) is 2. The van der Waals surface area contributed by atoms with E-state index in [1.54, 1.807) is 25.1 Å². The smallest absolute Gasteiger partial charge is 0.251 e. The molecule has 4 rings (SSSR count). The molecule has 2 saturated heterocycles. The summed E-state index contributed by atoms with van der Waals surface area (Å²) in [7, 11) is -7.30. The van der Waals surface area contributed by atoms with E-state index in [4.69, 9.17) is 14.2 Å². The number of rotatable bonds is 9. The summed E-state index contributed by atoms with van der Waals surface area (Å²) in [5.74, 6) is 0.0528. The van der Waals surface area contributed by atoms with Gasteiger partial charge in [-0.3, -0.25) is 4.79 Å². The highest BCUT2D eigenvalue weighted by molar-refractivity contribution is 7.89. The molecule has 1 N–H and O–H groups in total. The second-order valence-electron chi connectivity index (χ2n) is 8.59. The third kappa shape index (κ3) is 6.48. The summed E-state index contributed by atoms with van der Waals surface area (Å²) in [6.45, 7) is 4.67. The number of hydrogen-bond donors (Lipinski definition) is 1. The Morgan fingerprint density at radius 2 is 1.35 bits per heavy atom. The van der Waals surface area contributed by atoms with Gasteiger partial charge in [0.2, 0.25) is 20.0 Å². The SMILES string of the molecule is Cc1ccc(S(=O)(=O)N2CCOCC2)cc1C(=O)NCCOc1ccc(S(=O)(=O)N2CCOCC2)cc1. The van der Waals surface area contributed by atoms with Crippen LogP contribution in [-0.2, 0) is 29.5 Å². The number of nitrogens with one attached hydrogen (secondary N) is 1. The summed E-state index contributed by atoms with van der Waals surface area (Å²) in [6.07, 6.45) is 0. The van der Waals surface area contributed by atoms with Gasteiger partial charge in [0, 0.05) is 31.7 Å². The Balaban J connectivity index is 1.31. The first-order valence-electron chi connectivity index (χ1n) is 12.0. The molecule has 0 atom stereocenters. The molecule has 0 radical (unpaired) electrons. The van der Waals surface area contributed by atoms with Crippen molar-refractivity contribution in [2.24, 2.45) is 0 Å². The molecule has 2 aromatic carbocycles. The van der Waals surface area contributed by atoms with Crippen molar-refractivity contribution < 1.29 is 35.8 Å². The Labute approximate surface area is 217 Å². The first kappa shape index (κ1) is 27.5. The lowest BCUT2D eigenvalue weighted by Crippen LogP contribution is -2.40. The zero-order chi connectivity index (χ0) is 26.5. The number of benzene rings is 2. The third-order valence-electron chi connectivity index (χ3n) is 6.15. The summed E-state index contributed by atoms with van der Waals surface area (Å²) in [5, 5.41) is 2.74. The van der Waals surface area contributed by atoms with E-state index in [-0.39, 0.29) is 41.6 Å². The minimum Gasteiger partial charge on any atom is -0.492 e. The molecular weight excluding hydrogens is 522 g/mol. The summed E-state index contributed by atoms with van der Waals surface area (Å²) in [5.41, 5.74) is 0.920. The summed E-state index contributed by atoms with van der Waals surface area (Å²) in [4.78, 5) is 13.0. The van der Waals surface area contributed by atoms with Gasteiger partial charge in [-0.05, 0) is 48.9 Å². The average molecular weight is 554 g/mol.